The summed E-state index contributed by atoms with van der Waals surface area (Å²) >= 11 is 0. The average Bonchev–Trinajstić information content (AvgIpc) is 3.08. The Balaban J connectivity index is 1.89. The van der Waals surface area contributed by atoms with Gasteiger partial charge < -0.3 is 10.1 Å². The number of rotatable bonds is 4. The monoisotopic (exact) mass is 324 g/mol. The van der Waals surface area contributed by atoms with Crippen LogP contribution >= 0.6 is 0 Å². The summed E-state index contributed by atoms with van der Waals surface area (Å²) in [6, 6.07) is 12.0. The molecule has 3 rings (SSSR count). The van der Waals surface area contributed by atoms with Crippen LogP contribution in [0.3, 0.4) is 0 Å². The Bertz CT molecular complexity index is 732. The lowest BCUT2D eigenvalue weighted by Gasteiger charge is -2.28. The zero-order valence-electron chi connectivity index (χ0n) is 14.6. The zero-order chi connectivity index (χ0) is 17.2. The van der Waals surface area contributed by atoms with Gasteiger partial charge in [-0.3, -0.25) is 4.79 Å². The predicted molar refractivity (Wildman–Crippen MR) is 95.5 cm³/mol. The normalized spacial score (nSPS) is 16.0. The maximum Gasteiger partial charge on any atom is 0.235 e. The highest BCUT2D eigenvalue weighted by atomic mass is 16.5. The molecule has 4 nitrogen and oxygen atoms in total. The Labute approximate surface area is 143 Å². The molecule has 1 amide bonds. The molecule has 0 spiro atoms. The molecule has 126 valence electrons. The highest BCUT2D eigenvalue weighted by Gasteiger charge is 2.42. The first kappa shape index (κ1) is 16.5. The molecule has 1 fully saturated rings. The Kier molecular flexibility index (Phi) is 4.56. The number of carbonyl (C=O) groups is 1. The molecule has 0 bridgehead atoms. The van der Waals surface area contributed by atoms with Crippen LogP contribution in [0.2, 0.25) is 0 Å². The summed E-state index contributed by atoms with van der Waals surface area (Å²) in [6.07, 6.45) is 3.96. The van der Waals surface area contributed by atoms with Crippen molar-refractivity contribution < 1.29 is 9.53 Å². The number of nitrogens with one attached hydrogen (secondary N) is 1. The molecule has 0 atom stereocenters. The first-order valence-corrected chi connectivity index (χ1v) is 8.45. The third kappa shape index (κ3) is 3.01. The molecule has 1 aliphatic rings. The molecule has 1 aromatic carbocycles. The number of methoxy groups -OCH3 is 1. The standard InChI is InChI=1S/C20H24N2O2/c1-14-6-8-16(9-7-14)20(12-4-5-13-20)19(23)22-17-10-11-18(24-3)21-15(17)2/h6-11H,4-5,12-13H2,1-3H3,(H,22,23). The van der Waals surface area contributed by atoms with E-state index in [9.17, 15) is 4.79 Å². The fourth-order valence-corrected chi connectivity index (χ4v) is 3.52. The maximum absolute atomic E-state index is 13.2. The summed E-state index contributed by atoms with van der Waals surface area (Å²) in [4.78, 5) is 17.5. The number of hydrogen-bond donors (Lipinski definition) is 1. The first-order valence-electron chi connectivity index (χ1n) is 8.45. The number of aromatic nitrogens is 1. The van der Waals surface area contributed by atoms with Crippen LogP contribution in [0.5, 0.6) is 5.88 Å². The van der Waals surface area contributed by atoms with Crippen molar-refractivity contribution in [2.75, 3.05) is 12.4 Å². The molecular weight excluding hydrogens is 300 g/mol. The van der Waals surface area contributed by atoms with Crippen LogP contribution in [0, 0.1) is 13.8 Å². The van der Waals surface area contributed by atoms with Gasteiger partial charge in [0.05, 0.1) is 23.9 Å². The fourth-order valence-electron chi connectivity index (χ4n) is 3.52. The third-order valence-electron chi connectivity index (χ3n) is 5.01. The van der Waals surface area contributed by atoms with Crippen LogP contribution in [0.15, 0.2) is 36.4 Å². The summed E-state index contributed by atoms with van der Waals surface area (Å²) in [5.41, 5.74) is 3.41. The first-order chi connectivity index (χ1) is 11.5. The van der Waals surface area contributed by atoms with Crippen molar-refractivity contribution in [3.8, 4) is 5.88 Å². The SMILES string of the molecule is COc1ccc(NC(=O)C2(c3ccc(C)cc3)CCCC2)c(C)n1. The maximum atomic E-state index is 13.2. The van der Waals surface area contributed by atoms with E-state index in [0.717, 1.165) is 42.6 Å². The summed E-state index contributed by atoms with van der Waals surface area (Å²) in [5.74, 6) is 0.624. The summed E-state index contributed by atoms with van der Waals surface area (Å²) in [6.45, 7) is 3.95. The molecule has 0 unspecified atom stereocenters. The molecule has 1 saturated carbocycles. The van der Waals surface area contributed by atoms with Crippen LogP contribution in [-0.4, -0.2) is 18.0 Å². The third-order valence-corrected chi connectivity index (χ3v) is 5.01. The zero-order valence-corrected chi connectivity index (χ0v) is 14.6. The number of benzene rings is 1. The van der Waals surface area contributed by atoms with E-state index in [1.54, 1.807) is 13.2 Å². The van der Waals surface area contributed by atoms with Gasteiger partial charge in [0.15, 0.2) is 0 Å². The Morgan fingerprint density at radius 1 is 1.08 bits per heavy atom. The van der Waals surface area contributed by atoms with Crippen LogP contribution < -0.4 is 10.1 Å². The minimum Gasteiger partial charge on any atom is -0.481 e. The number of pyridine rings is 1. The van der Waals surface area contributed by atoms with Crippen LogP contribution in [0.1, 0.15) is 42.5 Å². The fraction of sp³-hybridized carbons (Fsp3) is 0.400. The number of nitrogens with zero attached hydrogens (tertiary/aromatic N) is 1. The van der Waals surface area contributed by atoms with Gasteiger partial charge in [-0.15, -0.1) is 0 Å². The number of hydrogen-bond acceptors (Lipinski definition) is 3. The second kappa shape index (κ2) is 6.63. The van der Waals surface area contributed by atoms with Gasteiger partial charge in [0.25, 0.3) is 0 Å². The van der Waals surface area contributed by atoms with Crippen LogP contribution in [0.25, 0.3) is 0 Å². The van der Waals surface area contributed by atoms with Crippen molar-refractivity contribution in [2.24, 2.45) is 0 Å². The lowest BCUT2D eigenvalue weighted by Crippen LogP contribution is -2.38. The number of ether oxygens (including phenoxy) is 1. The molecule has 0 saturated heterocycles. The second-order valence-corrected chi connectivity index (χ2v) is 6.60. The largest absolute Gasteiger partial charge is 0.481 e. The topological polar surface area (TPSA) is 51.2 Å². The van der Waals surface area contributed by atoms with Gasteiger partial charge >= 0.3 is 0 Å². The number of anilines is 1. The van der Waals surface area contributed by atoms with E-state index >= 15 is 0 Å². The van der Waals surface area contributed by atoms with E-state index < -0.39 is 5.41 Å². The van der Waals surface area contributed by atoms with Gasteiger partial charge in [-0.1, -0.05) is 42.7 Å². The van der Waals surface area contributed by atoms with Crippen molar-refractivity contribution in [3.63, 3.8) is 0 Å². The minimum atomic E-state index is -0.430. The van der Waals surface area contributed by atoms with E-state index in [1.165, 1.54) is 5.56 Å². The summed E-state index contributed by atoms with van der Waals surface area (Å²) < 4.78 is 5.13. The lowest BCUT2D eigenvalue weighted by atomic mass is 9.77. The second-order valence-electron chi connectivity index (χ2n) is 6.60. The van der Waals surface area contributed by atoms with Gasteiger partial charge in [-0.05, 0) is 38.3 Å². The lowest BCUT2D eigenvalue weighted by molar-refractivity contribution is -0.121. The van der Waals surface area contributed by atoms with E-state index in [1.807, 2.05) is 13.0 Å². The van der Waals surface area contributed by atoms with Crippen molar-refractivity contribution in [1.82, 2.24) is 4.98 Å². The van der Waals surface area contributed by atoms with Crippen molar-refractivity contribution >= 4 is 11.6 Å². The van der Waals surface area contributed by atoms with Crippen molar-refractivity contribution in [1.29, 1.82) is 0 Å². The van der Waals surface area contributed by atoms with Crippen LogP contribution in [0.4, 0.5) is 5.69 Å². The van der Waals surface area contributed by atoms with E-state index in [4.69, 9.17) is 4.74 Å². The summed E-state index contributed by atoms with van der Waals surface area (Å²) in [5, 5.41) is 3.10. The van der Waals surface area contributed by atoms with E-state index in [-0.39, 0.29) is 5.91 Å². The van der Waals surface area contributed by atoms with Crippen LogP contribution in [-0.2, 0) is 10.2 Å². The Morgan fingerprint density at radius 3 is 2.33 bits per heavy atom. The van der Waals surface area contributed by atoms with Gasteiger partial charge in [-0.25, -0.2) is 4.98 Å². The smallest absolute Gasteiger partial charge is 0.235 e. The highest BCUT2D eigenvalue weighted by Crippen LogP contribution is 2.42. The van der Waals surface area contributed by atoms with Gasteiger partial charge in [0.1, 0.15) is 0 Å². The Morgan fingerprint density at radius 2 is 1.75 bits per heavy atom. The molecule has 1 N–H and O–H groups in total. The minimum absolute atomic E-state index is 0.0684. The molecule has 0 aliphatic heterocycles. The molecule has 1 aliphatic carbocycles. The average molecular weight is 324 g/mol. The van der Waals surface area contributed by atoms with Gasteiger partial charge in [0.2, 0.25) is 11.8 Å². The molecule has 1 heterocycles. The number of carbonyl (C=O) groups excluding carboxylic acids is 1. The molecule has 0 radical (unpaired) electrons. The highest BCUT2D eigenvalue weighted by molar-refractivity contribution is 5.99. The molecule has 4 heteroatoms. The predicted octanol–water partition coefficient (Wildman–Crippen LogP) is 4.16. The van der Waals surface area contributed by atoms with E-state index in [0.29, 0.717) is 5.88 Å². The van der Waals surface area contributed by atoms with Crippen molar-refractivity contribution in [2.45, 2.75) is 44.9 Å². The van der Waals surface area contributed by atoms with E-state index in [2.05, 4.69) is 41.5 Å². The van der Waals surface area contributed by atoms with Gasteiger partial charge in [-0.2, -0.15) is 0 Å². The Hall–Kier alpha value is -2.36. The molecule has 1 aromatic heterocycles. The molecule has 2 aromatic rings. The number of aryl methyl sites for hydroxylation is 2. The van der Waals surface area contributed by atoms with Gasteiger partial charge in [0, 0.05) is 6.07 Å². The molecular formula is C20H24N2O2. The van der Waals surface area contributed by atoms with Crippen molar-refractivity contribution in [3.05, 3.63) is 53.2 Å². The number of amides is 1. The molecule has 24 heavy (non-hydrogen) atoms. The quantitative estimate of drug-likeness (QED) is 0.919. The summed E-state index contributed by atoms with van der Waals surface area (Å²) in [7, 11) is 1.59.